The van der Waals surface area contributed by atoms with Gasteiger partial charge in [0.25, 0.3) is 0 Å². The van der Waals surface area contributed by atoms with Crippen LogP contribution in [0.25, 0.3) is 11.0 Å². The van der Waals surface area contributed by atoms with Crippen LogP contribution in [0.1, 0.15) is 0 Å². The second-order valence-corrected chi connectivity index (χ2v) is 2.28. The number of nitrogens with one attached hydrogen (secondary N) is 1. The topological polar surface area (TPSA) is 37.8 Å². The number of benzene rings is 1. The summed E-state index contributed by atoms with van der Waals surface area (Å²) in [6.07, 6.45) is 0. The van der Waals surface area contributed by atoms with Crippen LogP contribution in [0.2, 0.25) is 0 Å². The molecule has 3 nitrogen and oxygen atoms in total. The molecule has 0 saturated heterocycles. The Morgan fingerprint density at radius 2 is 2.09 bits per heavy atom. The van der Waals surface area contributed by atoms with E-state index in [1.165, 1.54) is 0 Å². The molecule has 2 rings (SSSR count). The van der Waals surface area contributed by atoms with Crippen LogP contribution in [0.3, 0.4) is 0 Å². The molecule has 0 bridgehead atoms. The maximum atomic E-state index is 10.9. The lowest BCUT2D eigenvalue weighted by Gasteiger charge is -1.88. The third-order valence-electron chi connectivity index (χ3n) is 1.59. The number of imidazole rings is 1. The molecule has 1 heterocycles. The summed E-state index contributed by atoms with van der Waals surface area (Å²) in [5, 5.41) is 0. The third kappa shape index (κ3) is 0.774. The molecule has 0 aliphatic carbocycles. The lowest BCUT2D eigenvalue weighted by atomic mass is 10.3. The van der Waals surface area contributed by atoms with E-state index >= 15 is 0 Å². The van der Waals surface area contributed by atoms with E-state index in [1.807, 2.05) is 6.07 Å². The third-order valence-corrected chi connectivity index (χ3v) is 1.59. The smallest absolute Gasteiger partial charge is 0.306 e. The van der Waals surface area contributed by atoms with Gasteiger partial charge in [-0.1, -0.05) is 12.1 Å². The molecule has 1 N–H and O–H groups in total. The predicted molar refractivity (Wildman–Crippen MR) is 41.2 cm³/mol. The highest BCUT2D eigenvalue weighted by Crippen LogP contribution is 2.06. The quantitative estimate of drug-likeness (QED) is 0.582. The molecule has 3 heteroatoms. The Morgan fingerprint density at radius 3 is 2.82 bits per heavy atom. The molecule has 0 aliphatic rings. The van der Waals surface area contributed by atoms with Gasteiger partial charge in [0, 0.05) is 0 Å². The molecule has 1 aromatic heterocycles. The Hall–Kier alpha value is -1.51. The van der Waals surface area contributed by atoms with Gasteiger partial charge in [-0.15, -0.1) is 0 Å². The van der Waals surface area contributed by atoms with Crippen molar-refractivity contribution in [1.82, 2.24) is 9.55 Å². The Labute approximate surface area is 63.3 Å². The second kappa shape index (κ2) is 1.99. The zero-order valence-electron chi connectivity index (χ0n) is 5.66. The molecule has 0 amide bonds. The van der Waals surface area contributed by atoms with Gasteiger partial charge in [-0.05, 0) is 12.1 Å². The van der Waals surface area contributed by atoms with Crippen LogP contribution in [-0.2, 0) is 0 Å². The summed E-state index contributed by atoms with van der Waals surface area (Å²) in [7, 11) is 7.24. The molecule has 53 valence electrons. The summed E-state index contributed by atoms with van der Waals surface area (Å²) in [4.78, 5) is 13.4. The molecule has 11 heavy (non-hydrogen) atoms. The number of para-hydroxylation sites is 2. The summed E-state index contributed by atoms with van der Waals surface area (Å²) < 4.78 is 0.843. The van der Waals surface area contributed by atoms with Gasteiger partial charge in [0.1, 0.15) is 7.05 Å². The largest absolute Gasteiger partial charge is 0.327 e. The van der Waals surface area contributed by atoms with E-state index in [1.54, 1.807) is 18.2 Å². The minimum Gasteiger partial charge on any atom is -0.306 e. The Morgan fingerprint density at radius 1 is 1.36 bits per heavy atom. The average Bonchev–Trinajstić information content (AvgIpc) is 2.30. The molecule has 3 radical (unpaired) electrons. The first kappa shape index (κ1) is 6.22. The molecular weight excluding hydrogens is 140 g/mol. The van der Waals surface area contributed by atoms with Crippen molar-refractivity contribution in [2.75, 3.05) is 0 Å². The molecule has 0 fully saturated rings. The zero-order valence-corrected chi connectivity index (χ0v) is 5.66. The van der Waals surface area contributed by atoms with Crippen molar-refractivity contribution in [1.29, 1.82) is 0 Å². The van der Waals surface area contributed by atoms with Crippen molar-refractivity contribution >= 4 is 11.0 Å². The van der Waals surface area contributed by atoms with Crippen LogP contribution in [0, 0.1) is 7.05 Å². The molecule has 2 aromatic rings. The van der Waals surface area contributed by atoms with Gasteiger partial charge in [0.05, 0.1) is 11.0 Å². The van der Waals surface area contributed by atoms with E-state index in [4.69, 9.17) is 7.05 Å². The predicted octanol–water partition coefficient (Wildman–Crippen LogP) is 0.723. The van der Waals surface area contributed by atoms with Crippen LogP contribution in [0.5, 0.6) is 0 Å². The van der Waals surface area contributed by atoms with Crippen LogP contribution < -0.4 is 5.69 Å². The summed E-state index contributed by atoms with van der Waals surface area (Å²) >= 11 is 0. The van der Waals surface area contributed by atoms with E-state index in [-0.39, 0.29) is 0 Å². The van der Waals surface area contributed by atoms with E-state index < -0.39 is 5.69 Å². The van der Waals surface area contributed by atoms with Crippen LogP contribution >= 0.6 is 0 Å². The Bertz CT molecular complexity index is 439. The van der Waals surface area contributed by atoms with E-state index in [9.17, 15) is 4.79 Å². The van der Waals surface area contributed by atoms with Gasteiger partial charge in [-0.25, -0.2) is 4.79 Å². The van der Waals surface area contributed by atoms with Gasteiger partial charge in [0.15, 0.2) is 0 Å². The molecule has 0 spiro atoms. The number of hydrogen-bond acceptors (Lipinski definition) is 1. The number of H-pyrrole nitrogens is 1. The molecule has 0 saturated carbocycles. The van der Waals surface area contributed by atoms with E-state index in [0.29, 0.717) is 11.0 Å². The van der Waals surface area contributed by atoms with Crippen molar-refractivity contribution in [3.05, 3.63) is 41.8 Å². The lowest BCUT2D eigenvalue weighted by Crippen LogP contribution is -2.10. The first-order valence-electron chi connectivity index (χ1n) is 3.20. The summed E-state index contributed by atoms with van der Waals surface area (Å²) in [6.45, 7) is 0. The summed E-state index contributed by atoms with van der Waals surface area (Å²) in [5.41, 5.74) is 0.913. The number of fused-ring (bicyclic) bond motifs is 1. The zero-order chi connectivity index (χ0) is 7.84. The normalized spacial score (nSPS) is 10.6. The first-order chi connectivity index (χ1) is 5.29. The summed E-state index contributed by atoms with van der Waals surface area (Å²) in [6, 6.07) is 7.10. The maximum absolute atomic E-state index is 10.9. The molecule has 0 aliphatic heterocycles. The van der Waals surface area contributed by atoms with Crippen molar-refractivity contribution in [2.24, 2.45) is 0 Å². The van der Waals surface area contributed by atoms with E-state index in [2.05, 4.69) is 4.98 Å². The highest BCUT2D eigenvalue weighted by atomic mass is 16.1. The molecular formula is C8H5N2O. The van der Waals surface area contributed by atoms with Gasteiger partial charge in [-0.3, -0.25) is 4.57 Å². The standard InChI is InChI=1S/C8H5N2O/c1-10-7-5-3-2-4-6(7)9-8(10)11/h2-5H,(H,9,11). The number of aromatic amines is 1. The molecule has 0 unspecified atom stereocenters. The van der Waals surface area contributed by atoms with Gasteiger partial charge >= 0.3 is 5.69 Å². The fourth-order valence-electron chi connectivity index (χ4n) is 1.05. The average molecular weight is 145 g/mol. The summed E-state index contributed by atoms with van der Waals surface area (Å²) in [5.74, 6) is 0. The molecule has 1 aromatic carbocycles. The molecule has 0 atom stereocenters. The monoisotopic (exact) mass is 145 g/mol. The minimum atomic E-state index is -0.397. The second-order valence-electron chi connectivity index (χ2n) is 2.28. The Balaban J connectivity index is 3.04. The number of nitrogens with zero attached hydrogens (tertiary/aromatic N) is 1. The number of rotatable bonds is 0. The fourth-order valence-corrected chi connectivity index (χ4v) is 1.05. The van der Waals surface area contributed by atoms with Crippen LogP contribution in [0.4, 0.5) is 0 Å². The van der Waals surface area contributed by atoms with Gasteiger partial charge in [0.2, 0.25) is 0 Å². The van der Waals surface area contributed by atoms with E-state index in [0.717, 1.165) is 4.57 Å². The first-order valence-corrected chi connectivity index (χ1v) is 3.20. The maximum Gasteiger partial charge on any atom is 0.327 e. The highest BCUT2D eigenvalue weighted by Gasteiger charge is 1.99. The Kier molecular flexibility index (Phi) is 1.12. The van der Waals surface area contributed by atoms with Crippen LogP contribution in [-0.4, -0.2) is 9.55 Å². The fraction of sp³-hybridized carbons (Fsp3) is 0. The lowest BCUT2D eigenvalue weighted by molar-refractivity contribution is 1.02. The van der Waals surface area contributed by atoms with Crippen molar-refractivity contribution in [3.8, 4) is 0 Å². The number of aromatic nitrogens is 2. The van der Waals surface area contributed by atoms with Gasteiger partial charge < -0.3 is 4.98 Å². The van der Waals surface area contributed by atoms with Crippen molar-refractivity contribution < 1.29 is 0 Å². The minimum absolute atomic E-state index is 0.397. The van der Waals surface area contributed by atoms with Crippen LogP contribution in [0.15, 0.2) is 29.1 Å². The van der Waals surface area contributed by atoms with Gasteiger partial charge in [-0.2, -0.15) is 0 Å². The SMILES string of the molecule is [C]n1c(=O)[nH]c2ccccc21. The number of hydrogen-bond donors (Lipinski definition) is 1. The van der Waals surface area contributed by atoms with Crippen molar-refractivity contribution in [3.63, 3.8) is 0 Å². The highest BCUT2D eigenvalue weighted by molar-refractivity contribution is 5.75. The van der Waals surface area contributed by atoms with Crippen molar-refractivity contribution in [2.45, 2.75) is 0 Å².